The van der Waals surface area contributed by atoms with Gasteiger partial charge in [-0.2, -0.15) is 0 Å². The lowest BCUT2D eigenvalue weighted by Crippen LogP contribution is -2.00. The highest BCUT2D eigenvalue weighted by molar-refractivity contribution is 5.92. The molecule has 120 valence electrons. The second kappa shape index (κ2) is 7.35. The molecule has 0 saturated carbocycles. The average Bonchev–Trinajstić information content (AvgIpc) is 2.59. The normalized spacial score (nSPS) is 10.6. The first-order chi connectivity index (χ1) is 11.1. The summed E-state index contributed by atoms with van der Waals surface area (Å²) in [5.41, 5.74) is 1.76. The van der Waals surface area contributed by atoms with Gasteiger partial charge in [-0.1, -0.05) is 18.2 Å². The van der Waals surface area contributed by atoms with Gasteiger partial charge >= 0.3 is 5.97 Å². The van der Waals surface area contributed by atoms with Crippen LogP contribution in [0.25, 0.3) is 12.2 Å². The van der Waals surface area contributed by atoms with Crippen LogP contribution in [0.5, 0.6) is 17.2 Å². The molecular formula is C18H18O5. The zero-order valence-corrected chi connectivity index (χ0v) is 13.2. The van der Waals surface area contributed by atoms with Crippen LogP contribution in [0.4, 0.5) is 0 Å². The summed E-state index contributed by atoms with van der Waals surface area (Å²) in [6.45, 7) is 0. The lowest BCUT2D eigenvalue weighted by atomic mass is 10.1. The Hall–Kier alpha value is -2.95. The van der Waals surface area contributed by atoms with E-state index in [1.807, 2.05) is 24.3 Å². The van der Waals surface area contributed by atoms with E-state index in [1.54, 1.807) is 38.5 Å². The number of carboxylic acid groups (broad SMARTS) is 1. The Morgan fingerprint density at radius 3 is 2.00 bits per heavy atom. The van der Waals surface area contributed by atoms with Crippen LogP contribution in [0.2, 0.25) is 0 Å². The van der Waals surface area contributed by atoms with Crippen molar-refractivity contribution in [3.05, 3.63) is 53.1 Å². The minimum absolute atomic E-state index is 0.123. The van der Waals surface area contributed by atoms with Crippen molar-refractivity contribution in [2.45, 2.75) is 0 Å². The fourth-order valence-electron chi connectivity index (χ4n) is 2.11. The maximum Gasteiger partial charge on any atom is 0.339 e. The molecule has 0 spiro atoms. The summed E-state index contributed by atoms with van der Waals surface area (Å²) in [6, 6.07) is 10.5. The summed E-state index contributed by atoms with van der Waals surface area (Å²) in [5.74, 6) is 0.674. The minimum atomic E-state index is -1.03. The van der Waals surface area contributed by atoms with Gasteiger partial charge in [-0.15, -0.1) is 0 Å². The Labute approximate surface area is 134 Å². The Morgan fingerprint density at radius 1 is 0.870 bits per heavy atom. The van der Waals surface area contributed by atoms with Gasteiger partial charge < -0.3 is 19.3 Å². The molecule has 5 nitrogen and oxygen atoms in total. The number of benzene rings is 2. The smallest absolute Gasteiger partial charge is 0.339 e. The fraction of sp³-hybridized carbons (Fsp3) is 0.167. The molecular weight excluding hydrogens is 296 g/mol. The number of rotatable bonds is 6. The maximum absolute atomic E-state index is 11.2. The molecule has 1 N–H and O–H groups in total. The van der Waals surface area contributed by atoms with E-state index in [2.05, 4.69) is 0 Å². The Kier molecular flexibility index (Phi) is 5.25. The molecule has 0 unspecified atom stereocenters. The second-order valence-electron chi connectivity index (χ2n) is 4.74. The maximum atomic E-state index is 11.2. The van der Waals surface area contributed by atoms with Crippen molar-refractivity contribution >= 4 is 18.1 Å². The molecule has 2 rings (SSSR count). The van der Waals surface area contributed by atoms with E-state index in [-0.39, 0.29) is 5.56 Å². The number of methoxy groups -OCH3 is 3. The van der Waals surface area contributed by atoms with Gasteiger partial charge in [-0.25, -0.2) is 4.79 Å². The molecule has 0 bridgehead atoms. The highest BCUT2D eigenvalue weighted by atomic mass is 16.5. The first kappa shape index (κ1) is 16.4. The van der Waals surface area contributed by atoms with Gasteiger partial charge in [0, 0.05) is 6.07 Å². The molecule has 2 aromatic rings. The van der Waals surface area contributed by atoms with Crippen LogP contribution in [0.15, 0.2) is 36.4 Å². The van der Waals surface area contributed by atoms with E-state index in [9.17, 15) is 9.90 Å². The van der Waals surface area contributed by atoms with E-state index in [0.29, 0.717) is 17.2 Å². The van der Waals surface area contributed by atoms with Crippen molar-refractivity contribution in [2.75, 3.05) is 21.3 Å². The predicted octanol–water partition coefficient (Wildman–Crippen LogP) is 3.58. The van der Waals surface area contributed by atoms with Crippen LogP contribution in [0.1, 0.15) is 21.5 Å². The number of ether oxygens (including phenoxy) is 3. The van der Waals surface area contributed by atoms with Gasteiger partial charge in [0.25, 0.3) is 0 Å². The van der Waals surface area contributed by atoms with Crippen LogP contribution < -0.4 is 14.2 Å². The lowest BCUT2D eigenvalue weighted by Gasteiger charge is -2.07. The molecule has 0 fully saturated rings. The Bertz CT molecular complexity index is 712. The fourth-order valence-corrected chi connectivity index (χ4v) is 2.11. The summed E-state index contributed by atoms with van der Waals surface area (Å²) in [5, 5.41) is 9.21. The Balaban J connectivity index is 2.33. The summed E-state index contributed by atoms with van der Waals surface area (Å²) in [6.07, 6.45) is 3.68. The van der Waals surface area contributed by atoms with E-state index in [4.69, 9.17) is 14.2 Å². The van der Waals surface area contributed by atoms with Crippen molar-refractivity contribution in [3.8, 4) is 17.2 Å². The van der Waals surface area contributed by atoms with Crippen molar-refractivity contribution in [1.29, 1.82) is 0 Å². The van der Waals surface area contributed by atoms with Crippen LogP contribution in [-0.2, 0) is 0 Å². The SMILES string of the molecule is COc1cc(/C=C\c2ccc(OC)c(C(=O)O)c2)cc(OC)c1. The van der Waals surface area contributed by atoms with Gasteiger partial charge in [0.2, 0.25) is 0 Å². The van der Waals surface area contributed by atoms with Crippen molar-refractivity contribution in [2.24, 2.45) is 0 Å². The molecule has 0 aromatic heterocycles. The molecule has 0 heterocycles. The van der Waals surface area contributed by atoms with Crippen molar-refractivity contribution < 1.29 is 24.1 Å². The molecule has 0 aliphatic rings. The minimum Gasteiger partial charge on any atom is -0.497 e. The van der Waals surface area contributed by atoms with Crippen LogP contribution in [-0.4, -0.2) is 32.4 Å². The third kappa shape index (κ3) is 4.03. The first-order valence-corrected chi connectivity index (χ1v) is 6.90. The van der Waals surface area contributed by atoms with Crippen molar-refractivity contribution in [3.63, 3.8) is 0 Å². The van der Waals surface area contributed by atoms with E-state index in [1.165, 1.54) is 7.11 Å². The number of carbonyl (C=O) groups is 1. The largest absolute Gasteiger partial charge is 0.497 e. The van der Waals surface area contributed by atoms with Gasteiger partial charge in [0.1, 0.15) is 22.8 Å². The van der Waals surface area contributed by atoms with E-state index < -0.39 is 5.97 Å². The topological polar surface area (TPSA) is 65.0 Å². The summed E-state index contributed by atoms with van der Waals surface area (Å²) in [4.78, 5) is 11.2. The second-order valence-corrected chi connectivity index (χ2v) is 4.74. The van der Waals surface area contributed by atoms with Gasteiger partial charge in [0.15, 0.2) is 0 Å². The molecule has 23 heavy (non-hydrogen) atoms. The lowest BCUT2D eigenvalue weighted by molar-refractivity contribution is 0.0693. The summed E-state index contributed by atoms with van der Waals surface area (Å²) < 4.78 is 15.5. The van der Waals surface area contributed by atoms with Crippen LogP contribution in [0.3, 0.4) is 0 Å². The molecule has 5 heteroatoms. The molecule has 0 saturated heterocycles. The predicted molar refractivity (Wildman–Crippen MR) is 88.4 cm³/mol. The monoisotopic (exact) mass is 314 g/mol. The zero-order valence-electron chi connectivity index (χ0n) is 13.2. The third-order valence-corrected chi connectivity index (χ3v) is 3.30. The molecule has 0 aliphatic carbocycles. The third-order valence-electron chi connectivity index (χ3n) is 3.30. The van der Waals surface area contributed by atoms with Gasteiger partial charge in [-0.3, -0.25) is 0 Å². The first-order valence-electron chi connectivity index (χ1n) is 6.90. The number of aromatic carboxylic acids is 1. The molecule has 0 radical (unpaired) electrons. The number of hydrogen-bond acceptors (Lipinski definition) is 4. The standard InChI is InChI=1S/C18H18O5/c1-21-14-8-13(9-15(11-14)22-2)5-4-12-6-7-17(23-3)16(10-12)18(19)20/h4-11H,1-3H3,(H,19,20)/b5-4-. The quantitative estimate of drug-likeness (QED) is 0.826. The highest BCUT2D eigenvalue weighted by Gasteiger charge is 2.10. The van der Waals surface area contributed by atoms with Crippen molar-refractivity contribution in [1.82, 2.24) is 0 Å². The average molecular weight is 314 g/mol. The van der Waals surface area contributed by atoms with Gasteiger partial charge in [0.05, 0.1) is 21.3 Å². The molecule has 2 aromatic carbocycles. The summed E-state index contributed by atoms with van der Waals surface area (Å²) >= 11 is 0. The van der Waals surface area contributed by atoms with Crippen LogP contribution >= 0.6 is 0 Å². The molecule has 0 aliphatic heterocycles. The van der Waals surface area contributed by atoms with Gasteiger partial charge in [-0.05, 0) is 35.4 Å². The highest BCUT2D eigenvalue weighted by Crippen LogP contribution is 2.25. The van der Waals surface area contributed by atoms with E-state index in [0.717, 1.165) is 11.1 Å². The van der Waals surface area contributed by atoms with E-state index >= 15 is 0 Å². The number of carboxylic acids is 1. The number of hydrogen-bond donors (Lipinski definition) is 1. The molecule has 0 amide bonds. The zero-order chi connectivity index (χ0) is 16.8. The summed E-state index contributed by atoms with van der Waals surface area (Å²) in [7, 11) is 4.62. The van der Waals surface area contributed by atoms with Crippen LogP contribution in [0, 0.1) is 0 Å². The molecule has 0 atom stereocenters. The Morgan fingerprint density at radius 2 is 1.48 bits per heavy atom.